The zero-order chi connectivity index (χ0) is 15.2. The third-order valence-electron chi connectivity index (χ3n) is 2.59. The minimum Gasteiger partial charge on any atom is -0.461 e. The molecule has 0 saturated heterocycles. The Bertz CT molecular complexity index is 441. The molecule has 1 rings (SSSR count). The number of aromatic nitrogens is 1. The first kappa shape index (κ1) is 16.6. The molecule has 0 unspecified atom stereocenters. The molecule has 0 aromatic carbocycles. The van der Waals surface area contributed by atoms with Gasteiger partial charge in [-0.3, -0.25) is 0 Å². The Balaban J connectivity index is 2.46. The van der Waals surface area contributed by atoms with Crippen molar-refractivity contribution in [1.82, 2.24) is 4.57 Å². The average Bonchev–Trinajstić information content (AvgIpc) is 2.69. The van der Waals surface area contributed by atoms with Crippen molar-refractivity contribution in [2.24, 2.45) is 0 Å². The van der Waals surface area contributed by atoms with Crippen LogP contribution in [0.2, 0.25) is 0 Å². The second kappa shape index (κ2) is 7.33. The van der Waals surface area contributed by atoms with E-state index in [1.54, 1.807) is 30.7 Å². The van der Waals surface area contributed by atoms with Gasteiger partial charge in [0.15, 0.2) is 0 Å². The van der Waals surface area contributed by atoms with Crippen molar-refractivity contribution in [1.29, 1.82) is 0 Å². The van der Waals surface area contributed by atoms with Crippen LogP contribution in [0.25, 0.3) is 0 Å². The van der Waals surface area contributed by atoms with Gasteiger partial charge in [0.05, 0.1) is 6.61 Å². The summed E-state index contributed by atoms with van der Waals surface area (Å²) < 4.78 is 46.7. The molecule has 0 aliphatic rings. The normalized spacial score (nSPS) is 11.7. The second-order valence-corrected chi connectivity index (χ2v) is 4.28. The number of hydrogen-bond donors (Lipinski definition) is 0. The van der Waals surface area contributed by atoms with Crippen LogP contribution in [0.3, 0.4) is 0 Å². The molecular weight excluding hydrogens is 275 g/mol. The zero-order valence-electron chi connectivity index (χ0n) is 11.5. The maximum Gasteiger partial charge on any atom is 0.411 e. The van der Waals surface area contributed by atoms with Gasteiger partial charge in [-0.15, -0.1) is 0 Å². The third kappa shape index (κ3) is 5.24. The fourth-order valence-corrected chi connectivity index (χ4v) is 1.77. The number of ether oxygens (including phenoxy) is 2. The van der Waals surface area contributed by atoms with E-state index in [1.165, 1.54) is 0 Å². The highest BCUT2D eigenvalue weighted by molar-refractivity contribution is 5.89. The van der Waals surface area contributed by atoms with Crippen LogP contribution in [-0.4, -0.2) is 36.5 Å². The number of rotatable bonds is 7. The molecule has 0 aliphatic heterocycles. The van der Waals surface area contributed by atoms with Crippen molar-refractivity contribution in [3.8, 4) is 0 Å². The lowest BCUT2D eigenvalue weighted by molar-refractivity contribution is -0.174. The fraction of sp³-hybridized carbons (Fsp3) is 0.615. The minimum absolute atomic E-state index is 0.0149. The van der Waals surface area contributed by atoms with Gasteiger partial charge in [0.1, 0.15) is 12.3 Å². The molecule has 0 N–H and O–H groups in total. The van der Waals surface area contributed by atoms with Gasteiger partial charge < -0.3 is 14.0 Å². The van der Waals surface area contributed by atoms with Crippen molar-refractivity contribution >= 4 is 5.97 Å². The molecule has 20 heavy (non-hydrogen) atoms. The molecule has 0 spiro atoms. The van der Waals surface area contributed by atoms with Crippen LogP contribution in [0.15, 0.2) is 12.3 Å². The van der Waals surface area contributed by atoms with E-state index in [0.717, 1.165) is 5.56 Å². The Kier molecular flexibility index (Phi) is 6.06. The molecule has 0 aliphatic carbocycles. The van der Waals surface area contributed by atoms with E-state index < -0.39 is 18.8 Å². The number of aryl methyl sites for hydroxylation is 2. The molecule has 1 heterocycles. The van der Waals surface area contributed by atoms with Gasteiger partial charge in [0.25, 0.3) is 0 Å². The second-order valence-electron chi connectivity index (χ2n) is 4.28. The molecule has 0 amide bonds. The molecule has 114 valence electrons. The van der Waals surface area contributed by atoms with Crippen molar-refractivity contribution < 1.29 is 27.4 Å². The summed E-state index contributed by atoms with van der Waals surface area (Å²) in [6.45, 7) is 2.91. The van der Waals surface area contributed by atoms with Crippen LogP contribution in [0.5, 0.6) is 0 Å². The Morgan fingerprint density at radius 3 is 2.70 bits per heavy atom. The zero-order valence-corrected chi connectivity index (χ0v) is 11.5. The first-order valence-electron chi connectivity index (χ1n) is 6.32. The van der Waals surface area contributed by atoms with Gasteiger partial charge in [0, 0.05) is 19.3 Å². The highest BCUT2D eigenvalue weighted by atomic mass is 19.4. The lowest BCUT2D eigenvalue weighted by Crippen LogP contribution is -2.18. The van der Waals surface area contributed by atoms with Crippen LogP contribution < -0.4 is 0 Å². The predicted octanol–water partition coefficient (Wildman–Crippen LogP) is 2.94. The molecule has 1 aromatic heterocycles. The molecule has 7 heteroatoms. The summed E-state index contributed by atoms with van der Waals surface area (Å²) >= 11 is 0. The first-order valence-corrected chi connectivity index (χ1v) is 6.32. The van der Waals surface area contributed by atoms with E-state index in [4.69, 9.17) is 4.74 Å². The third-order valence-corrected chi connectivity index (χ3v) is 2.59. The lowest BCUT2D eigenvalue weighted by atomic mass is 10.2. The van der Waals surface area contributed by atoms with Gasteiger partial charge in [0.2, 0.25) is 0 Å². The Labute approximate surface area is 115 Å². The molecular formula is C13H18F3NO3. The number of carbonyl (C=O) groups excluding carboxylic acids is 1. The van der Waals surface area contributed by atoms with E-state index in [1.807, 2.05) is 0 Å². The number of carbonyl (C=O) groups is 1. The summed E-state index contributed by atoms with van der Waals surface area (Å²) in [5.74, 6) is -0.425. The molecule has 0 atom stereocenters. The molecule has 0 radical (unpaired) electrons. The van der Waals surface area contributed by atoms with Crippen LogP contribution in [-0.2, 0) is 16.0 Å². The van der Waals surface area contributed by atoms with Crippen LogP contribution in [0.4, 0.5) is 13.2 Å². The summed E-state index contributed by atoms with van der Waals surface area (Å²) in [6.07, 6.45) is -2.21. The number of halogens is 3. The van der Waals surface area contributed by atoms with E-state index >= 15 is 0 Å². The number of alkyl halides is 3. The summed E-state index contributed by atoms with van der Waals surface area (Å²) in [5.41, 5.74) is 1.21. The number of nitrogens with zero attached hydrogens (tertiary/aromatic N) is 1. The van der Waals surface area contributed by atoms with Crippen molar-refractivity contribution in [3.05, 3.63) is 23.5 Å². The smallest absolute Gasteiger partial charge is 0.411 e. The molecule has 0 fully saturated rings. The molecule has 1 aromatic rings. The summed E-state index contributed by atoms with van der Waals surface area (Å²) in [6, 6.07) is 1.77. The summed E-state index contributed by atoms with van der Waals surface area (Å²) in [5, 5.41) is 0. The van der Waals surface area contributed by atoms with Gasteiger partial charge in [-0.2, -0.15) is 13.2 Å². The topological polar surface area (TPSA) is 40.5 Å². The predicted molar refractivity (Wildman–Crippen MR) is 66.6 cm³/mol. The highest BCUT2D eigenvalue weighted by Crippen LogP contribution is 2.15. The molecule has 0 saturated carbocycles. The van der Waals surface area contributed by atoms with E-state index in [0.29, 0.717) is 18.7 Å². The van der Waals surface area contributed by atoms with E-state index in [2.05, 4.69) is 4.74 Å². The van der Waals surface area contributed by atoms with Gasteiger partial charge in [-0.25, -0.2) is 4.79 Å². The maximum absolute atomic E-state index is 11.9. The Hall–Kier alpha value is -1.50. The average molecular weight is 293 g/mol. The standard InChI is InChI=1S/C13H18F3NO3/c1-3-20-12(18)11-10(2)5-7-17(11)6-4-8-19-9-13(14,15)16/h5,7H,3-4,6,8-9H2,1-2H3. The summed E-state index contributed by atoms with van der Waals surface area (Å²) in [4.78, 5) is 11.7. The Morgan fingerprint density at radius 1 is 1.40 bits per heavy atom. The maximum atomic E-state index is 11.9. The quantitative estimate of drug-likeness (QED) is 0.573. The van der Waals surface area contributed by atoms with Crippen molar-refractivity contribution in [2.75, 3.05) is 19.8 Å². The SMILES string of the molecule is CCOC(=O)c1c(C)ccn1CCCOCC(F)(F)F. The largest absolute Gasteiger partial charge is 0.461 e. The molecule has 4 nitrogen and oxygen atoms in total. The van der Waals surface area contributed by atoms with Crippen molar-refractivity contribution in [3.63, 3.8) is 0 Å². The minimum atomic E-state index is -4.31. The van der Waals surface area contributed by atoms with E-state index in [-0.39, 0.29) is 13.2 Å². The van der Waals surface area contributed by atoms with Gasteiger partial charge >= 0.3 is 12.1 Å². The number of esters is 1. The summed E-state index contributed by atoms with van der Waals surface area (Å²) in [7, 11) is 0. The highest BCUT2D eigenvalue weighted by Gasteiger charge is 2.27. The lowest BCUT2D eigenvalue weighted by Gasteiger charge is -2.10. The van der Waals surface area contributed by atoms with Gasteiger partial charge in [-0.1, -0.05) is 0 Å². The van der Waals surface area contributed by atoms with Crippen molar-refractivity contribution in [2.45, 2.75) is 33.0 Å². The van der Waals surface area contributed by atoms with Gasteiger partial charge in [-0.05, 0) is 31.9 Å². The van der Waals surface area contributed by atoms with Crippen LogP contribution in [0.1, 0.15) is 29.4 Å². The Morgan fingerprint density at radius 2 is 2.10 bits per heavy atom. The van der Waals surface area contributed by atoms with E-state index in [9.17, 15) is 18.0 Å². The van der Waals surface area contributed by atoms with Crippen LogP contribution >= 0.6 is 0 Å². The number of hydrogen-bond acceptors (Lipinski definition) is 3. The monoisotopic (exact) mass is 293 g/mol. The fourth-order valence-electron chi connectivity index (χ4n) is 1.77. The first-order chi connectivity index (χ1) is 9.35. The van der Waals surface area contributed by atoms with Crippen LogP contribution in [0, 0.1) is 6.92 Å². The molecule has 0 bridgehead atoms.